The number of esters is 2. The number of cyclic esters (lactones) is 1. The fraction of sp³-hybridized carbons (Fsp3) is 0.565. The number of carbonyl (C=O) groups is 4. The predicted molar refractivity (Wildman–Crippen MR) is 105 cm³/mol. The molecule has 5 rings (SSSR count). The molecule has 0 bridgehead atoms. The van der Waals surface area contributed by atoms with Gasteiger partial charge in [0.1, 0.15) is 29.8 Å². The Labute approximate surface area is 178 Å². The molecule has 1 fully saturated rings. The van der Waals surface area contributed by atoms with Gasteiger partial charge in [-0.05, 0) is 18.9 Å². The molecule has 1 saturated carbocycles. The number of carbonyl (C=O) groups excluding carboxylic acids is 4. The van der Waals surface area contributed by atoms with Gasteiger partial charge >= 0.3 is 11.9 Å². The van der Waals surface area contributed by atoms with Gasteiger partial charge in [0, 0.05) is 49.3 Å². The maximum Gasteiger partial charge on any atom is 0.342 e. The van der Waals surface area contributed by atoms with Crippen LogP contribution < -0.4 is 0 Å². The van der Waals surface area contributed by atoms with Crippen molar-refractivity contribution in [3.63, 3.8) is 0 Å². The Morgan fingerprint density at radius 1 is 1.26 bits per heavy atom. The molecule has 0 N–H and O–H groups in total. The van der Waals surface area contributed by atoms with Gasteiger partial charge in [-0.2, -0.15) is 0 Å². The molecule has 0 unspecified atom stereocenters. The van der Waals surface area contributed by atoms with Crippen molar-refractivity contribution >= 4 is 23.5 Å². The topological polar surface area (TPSA) is 109 Å². The average Bonchev–Trinajstić information content (AvgIpc) is 3.27. The molecule has 31 heavy (non-hydrogen) atoms. The number of fused-ring (bicyclic) bond motifs is 3. The van der Waals surface area contributed by atoms with Crippen LogP contribution in [0.1, 0.15) is 66.5 Å². The molecule has 0 spiro atoms. The van der Waals surface area contributed by atoms with E-state index in [1.807, 2.05) is 13.8 Å². The first-order valence-electron chi connectivity index (χ1n) is 10.5. The Kier molecular flexibility index (Phi) is 4.16. The molecule has 1 aliphatic heterocycles. The highest BCUT2D eigenvalue weighted by molar-refractivity contribution is 6.14. The van der Waals surface area contributed by atoms with Crippen molar-refractivity contribution in [1.29, 1.82) is 0 Å². The van der Waals surface area contributed by atoms with Gasteiger partial charge in [-0.25, -0.2) is 4.79 Å². The van der Waals surface area contributed by atoms with Gasteiger partial charge in [0.15, 0.2) is 5.76 Å². The number of methoxy groups -OCH3 is 1. The van der Waals surface area contributed by atoms with E-state index in [4.69, 9.17) is 18.6 Å². The lowest BCUT2D eigenvalue weighted by Gasteiger charge is -2.51. The van der Waals surface area contributed by atoms with Crippen LogP contribution in [0.2, 0.25) is 0 Å². The van der Waals surface area contributed by atoms with Gasteiger partial charge < -0.3 is 18.6 Å². The van der Waals surface area contributed by atoms with Crippen LogP contribution in [0.15, 0.2) is 21.8 Å². The molecule has 8 nitrogen and oxygen atoms in total. The van der Waals surface area contributed by atoms with E-state index in [2.05, 4.69) is 0 Å². The minimum Gasteiger partial charge on any atom is -0.460 e. The summed E-state index contributed by atoms with van der Waals surface area (Å²) in [5.41, 5.74) is -0.0741. The van der Waals surface area contributed by atoms with Crippen LogP contribution in [0.3, 0.4) is 0 Å². The smallest absolute Gasteiger partial charge is 0.342 e. The second-order valence-corrected chi connectivity index (χ2v) is 9.30. The van der Waals surface area contributed by atoms with Crippen LogP contribution in [0.25, 0.3) is 0 Å². The zero-order valence-electron chi connectivity index (χ0n) is 17.9. The highest BCUT2D eigenvalue weighted by Crippen LogP contribution is 2.61. The van der Waals surface area contributed by atoms with Gasteiger partial charge in [-0.15, -0.1) is 0 Å². The molecule has 0 saturated heterocycles. The average molecular weight is 428 g/mol. The quantitative estimate of drug-likeness (QED) is 0.676. The Balaban J connectivity index is 1.82. The fourth-order valence-electron chi connectivity index (χ4n) is 6.28. The van der Waals surface area contributed by atoms with E-state index < -0.39 is 35.0 Å². The van der Waals surface area contributed by atoms with Crippen molar-refractivity contribution in [2.75, 3.05) is 13.7 Å². The fourth-order valence-corrected chi connectivity index (χ4v) is 6.28. The highest BCUT2D eigenvalue weighted by atomic mass is 16.6. The zero-order valence-corrected chi connectivity index (χ0v) is 17.9. The molecule has 0 amide bonds. The first-order valence-corrected chi connectivity index (χ1v) is 10.5. The second kappa shape index (κ2) is 6.38. The summed E-state index contributed by atoms with van der Waals surface area (Å²) < 4.78 is 22.4. The Bertz CT molecular complexity index is 1080. The molecule has 0 radical (unpaired) electrons. The minimum absolute atomic E-state index is 0.0635. The lowest BCUT2D eigenvalue weighted by Crippen LogP contribution is -2.57. The van der Waals surface area contributed by atoms with Crippen molar-refractivity contribution in [1.82, 2.24) is 0 Å². The largest absolute Gasteiger partial charge is 0.460 e. The second-order valence-electron chi connectivity index (χ2n) is 9.30. The van der Waals surface area contributed by atoms with Crippen LogP contribution in [0, 0.1) is 11.3 Å². The van der Waals surface area contributed by atoms with E-state index in [0.29, 0.717) is 29.6 Å². The maximum absolute atomic E-state index is 13.7. The van der Waals surface area contributed by atoms with Crippen molar-refractivity contribution < 1.29 is 37.8 Å². The maximum atomic E-state index is 13.7. The monoisotopic (exact) mass is 428 g/mol. The van der Waals surface area contributed by atoms with Gasteiger partial charge in [0.25, 0.3) is 0 Å². The Morgan fingerprint density at radius 3 is 2.68 bits per heavy atom. The summed E-state index contributed by atoms with van der Waals surface area (Å²) in [5.74, 6) is -1.58. The van der Waals surface area contributed by atoms with Gasteiger partial charge in [0.05, 0.1) is 12.0 Å². The van der Waals surface area contributed by atoms with Crippen LogP contribution in [-0.2, 0) is 29.2 Å². The summed E-state index contributed by atoms with van der Waals surface area (Å²) in [6, 6.07) is 0. The third-order valence-corrected chi connectivity index (χ3v) is 7.70. The van der Waals surface area contributed by atoms with Crippen molar-refractivity contribution in [2.24, 2.45) is 11.3 Å². The lowest BCUT2D eigenvalue weighted by molar-refractivity contribution is -0.149. The molecule has 5 atom stereocenters. The van der Waals surface area contributed by atoms with E-state index in [-0.39, 0.29) is 41.8 Å². The molecule has 164 valence electrons. The molecule has 8 heteroatoms. The standard InChI is InChI=1S/C23H24O8/c1-10(24)30-13-7-22(2)12(5-6-14(22)25)16-18(13)23(3)15(9-28-4)31-21(27)11-8-29-20(17(11)23)19(16)26/h8,12-13,15H,5-7,9H2,1-4H3/t12-,13-,15-,22+,23+/m0/s1. The van der Waals surface area contributed by atoms with E-state index in [1.165, 1.54) is 20.3 Å². The number of hydrogen-bond donors (Lipinski definition) is 0. The lowest BCUT2D eigenvalue weighted by atomic mass is 9.54. The molecular weight excluding hydrogens is 404 g/mol. The first-order chi connectivity index (χ1) is 14.6. The third-order valence-electron chi connectivity index (χ3n) is 7.70. The number of ether oxygens (including phenoxy) is 3. The predicted octanol–water partition coefficient (Wildman–Crippen LogP) is 2.54. The minimum atomic E-state index is -0.988. The normalized spacial score (nSPS) is 36.0. The van der Waals surface area contributed by atoms with Crippen molar-refractivity contribution in [3.8, 4) is 0 Å². The Morgan fingerprint density at radius 2 is 2.00 bits per heavy atom. The van der Waals surface area contributed by atoms with Crippen LogP contribution in [0.5, 0.6) is 0 Å². The number of rotatable bonds is 3. The first kappa shape index (κ1) is 20.2. The number of Topliss-reactive ketones (excluding diaryl/α,β-unsaturated/α-hetero) is 2. The number of hydrogen-bond acceptors (Lipinski definition) is 8. The van der Waals surface area contributed by atoms with E-state index >= 15 is 0 Å². The summed E-state index contributed by atoms with van der Waals surface area (Å²) in [6.07, 6.45) is 0.906. The van der Waals surface area contributed by atoms with Crippen LogP contribution >= 0.6 is 0 Å². The van der Waals surface area contributed by atoms with Crippen LogP contribution in [0.4, 0.5) is 0 Å². The van der Waals surface area contributed by atoms with Gasteiger partial charge in [-0.3, -0.25) is 14.4 Å². The summed E-state index contributed by atoms with van der Waals surface area (Å²) in [7, 11) is 1.50. The molecule has 0 aromatic carbocycles. The van der Waals surface area contributed by atoms with Gasteiger partial charge in [0.2, 0.25) is 5.78 Å². The van der Waals surface area contributed by atoms with E-state index in [9.17, 15) is 19.2 Å². The zero-order chi connectivity index (χ0) is 22.3. The SMILES string of the molecule is COC[C@@H]1OC(=O)c2coc3c2[C@]1(C)C1=C(C3=O)[C@@H]2CCC(=O)[C@]2(C)C[C@@H]1OC(C)=O. The molecule has 3 aliphatic carbocycles. The van der Waals surface area contributed by atoms with Crippen molar-refractivity contribution in [3.05, 3.63) is 34.3 Å². The summed E-state index contributed by atoms with van der Waals surface area (Å²) >= 11 is 0. The molecule has 1 aromatic heterocycles. The molecule has 2 heterocycles. The molecule has 4 aliphatic rings. The number of ketones is 2. The number of furan rings is 1. The van der Waals surface area contributed by atoms with Crippen LogP contribution in [-0.4, -0.2) is 49.4 Å². The number of allylic oxidation sites excluding steroid dienone is 1. The molecular formula is C23H24O8. The summed E-state index contributed by atoms with van der Waals surface area (Å²) in [6.45, 7) is 5.11. The molecule has 1 aromatic rings. The summed E-state index contributed by atoms with van der Waals surface area (Å²) in [4.78, 5) is 51.2. The van der Waals surface area contributed by atoms with E-state index in [0.717, 1.165) is 0 Å². The summed E-state index contributed by atoms with van der Waals surface area (Å²) in [5, 5.41) is 0. The highest BCUT2D eigenvalue weighted by Gasteiger charge is 2.64. The van der Waals surface area contributed by atoms with Crippen molar-refractivity contribution in [2.45, 2.75) is 57.7 Å². The Hall–Kier alpha value is -2.74. The van der Waals surface area contributed by atoms with Gasteiger partial charge in [-0.1, -0.05) is 6.92 Å². The van der Waals surface area contributed by atoms with E-state index in [1.54, 1.807) is 0 Å². The third kappa shape index (κ3) is 2.39.